The van der Waals surface area contributed by atoms with Crippen LogP contribution in [0.5, 0.6) is 0 Å². The number of alkyl halides is 3. The Balaban J connectivity index is 4.47. The van der Waals surface area contributed by atoms with Crippen molar-refractivity contribution in [2.24, 2.45) is 5.41 Å². The maximum Gasteiger partial charge on any atom is 0.425 e. The van der Waals surface area contributed by atoms with Gasteiger partial charge in [0.25, 0.3) is 0 Å². The summed E-state index contributed by atoms with van der Waals surface area (Å²) in [7, 11) is 0. The van der Waals surface area contributed by atoms with E-state index < -0.39 is 23.7 Å². The van der Waals surface area contributed by atoms with Crippen LogP contribution in [0, 0.1) is 5.41 Å². The van der Waals surface area contributed by atoms with Gasteiger partial charge in [-0.25, -0.2) is 4.79 Å². The minimum atomic E-state index is -4.53. The summed E-state index contributed by atoms with van der Waals surface area (Å²) in [6.07, 6.45) is -6.64. The highest BCUT2D eigenvalue weighted by molar-refractivity contribution is 5.89. The number of esters is 1. The molecule has 0 aromatic rings. The van der Waals surface area contributed by atoms with E-state index in [1.54, 1.807) is 20.8 Å². The standard InChI is InChI=1S/C10H15F3O2/c1-6(9(3,4)5)8(14)15-7(2)10(11,12)13/h7H,1H2,2-5H3. The van der Waals surface area contributed by atoms with Gasteiger partial charge < -0.3 is 4.74 Å². The third-order valence-electron chi connectivity index (χ3n) is 1.90. The first-order valence-corrected chi connectivity index (χ1v) is 4.43. The van der Waals surface area contributed by atoms with E-state index in [1.165, 1.54) is 0 Å². The molecule has 0 saturated heterocycles. The summed E-state index contributed by atoms with van der Waals surface area (Å²) in [6.45, 7) is 9.23. The Bertz CT molecular complexity index is 261. The van der Waals surface area contributed by atoms with Crippen LogP contribution in [0.4, 0.5) is 13.2 Å². The number of hydrogen-bond donors (Lipinski definition) is 0. The molecule has 0 N–H and O–H groups in total. The topological polar surface area (TPSA) is 26.3 Å². The van der Waals surface area contributed by atoms with Gasteiger partial charge in [-0.15, -0.1) is 0 Å². The minimum absolute atomic E-state index is 0.0265. The van der Waals surface area contributed by atoms with Crippen molar-refractivity contribution >= 4 is 5.97 Å². The zero-order chi connectivity index (χ0) is 12.4. The van der Waals surface area contributed by atoms with Crippen LogP contribution in [0.1, 0.15) is 27.7 Å². The van der Waals surface area contributed by atoms with Crippen LogP contribution in [0.25, 0.3) is 0 Å². The second-order valence-electron chi connectivity index (χ2n) is 4.32. The van der Waals surface area contributed by atoms with E-state index in [9.17, 15) is 18.0 Å². The summed E-state index contributed by atoms with van der Waals surface area (Å²) >= 11 is 0. The van der Waals surface area contributed by atoms with Crippen molar-refractivity contribution in [2.45, 2.75) is 40.0 Å². The van der Waals surface area contributed by atoms with Gasteiger partial charge in [0, 0.05) is 5.57 Å². The zero-order valence-corrected chi connectivity index (χ0v) is 9.23. The summed E-state index contributed by atoms with van der Waals surface area (Å²) in [5, 5.41) is 0. The number of halogens is 3. The highest BCUT2D eigenvalue weighted by Crippen LogP contribution is 2.27. The molecule has 2 nitrogen and oxygen atoms in total. The van der Waals surface area contributed by atoms with Gasteiger partial charge in [-0.05, 0) is 12.3 Å². The molecule has 0 saturated carbocycles. The highest BCUT2D eigenvalue weighted by Gasteiger charge is 2.40. The van der Waals surface area contributed by atoms with Crippen LogP contribution in [0.3, 0.4) is 0 Å². The third-order valence-corrected chi connectivity index (χ3v) is 1.90. The van der Waals surface area contributed by atoms with E-state index in [1.807, 2.05) is 0 Å². The van der Waals surface area contributed by atoms with Gasteiger partial charge in [0.1, 0.15) is 0 Å². The molecule has 1 atom stereocenters. The molecule has 15 heavy (non-hydrogen) atoms. The van der Waals surface area contributed by atoms with E-state index >= 15 is 0 Å². The molecule has 0 radical (unpaired) electrons. The van der Waals surface area contributed by atoms with Crippen LogP contribution in [0.2, 0.25) is 0 Å². The van der Waals surface area contributed by atoms with E-state index in [4.69, 9.17) is 0 Å². The number of hydrogen-bond acceptors (Lipinski definition) is 2. The minimum Gasteiger partial charge on any atom is -0.450 e. The van der Waals surface area contributed by atoms with E-state index in [-0.39, 0.29) is 5.57 Å². The van der Waals surface area contributed by atoms with Crippen LogP contribution in [-0.4, -0.2) is 18.2 Å². The molecule has 88 valence electrons. The predicted molar refractivity (Wildman–Crippen MR) is 50.2 cm³/mol. The summed E-state index contributed by atoms with van der Waals surface area (Å²) in [4.78, 5) is 11.2. The Morgan fingerprint density at radius 1 is 1.27 bits per heavy atom. The zero-order valence-electron chi connectivity index (χ0n) is 9.23. The molecule has 0 aromatic heterocycles. The van der Waals surface area contributed by atoms with Gasteiger partial charge in [0.2, 0.25) is 0 Å². The fourth-order valence-corrected chi connectivity index (χ4v) is 0.605. The van der Waals surface area contributed by atoms with Crippen molar-refractivity contribution in [3.63, 3.8) is 0 Å². The molecule has 0 aliphatic carbocycles. The number of rotatable bonds is 2. The SMILES string of the molecule is C=C(C(=O)OC(C)C(F)(F)F)C(C)(C)C. The summed E-state index contributed by atoms with van der Waals surface area (Å²) < 4.78 is 40.4. The Labute approximate surface area is 87.1 Å². The highest BCUT2D eigenvalue weighted by atomic mass is 19.4. The van der Waals surface area contributed by atoms with Gasteiger partial charge in [-0.3, -0.25) is 0 Å². The number of ether oxygens (including phenoxy) is 1. The molecule has 0 fully saturated rings. The maximum absolute atomic E-state index is 12.1. The Kier molecular flexibility index (Phi) is 3.96. The largest absolute Gasteiger partial charge is 0.450 e. The van der Waals surface area contributed by atoms with Gasteiger partial charge in [-0.1, -0.05) is 27.4 Å². The molecule has 0 rings (SSSR count). The fraction of sp³-hybridized carbons (Fsp3) is 0.700. The first kappa shape index (κ1) is 14.0. The quantitative estimate of drug-likeness (QED) is 0.532. The summed E-state index contributed by atoms with van der Waals surface area (Å²) in [5.74, 6) is -1.01. The Hall–Kier alpha value is -1.00. The Morgan fingerprint density at radius 2 is 1.67 bits per heavy atom. The van der Waals surface area contributed by atoms with Crippen LogP contribution >= 0.6 is 0 Å². The molecule has 0 amide bonds. The molecule has 0 bridgehead atoms. The normalized spacial score (nSPS) is 14.6. The average molecular weight is 224 g/mol. The third kappa shape index (κ3) is 4.36. The van der Waals surface area contributed by atoms with Crippen molar-refractivity contribution in [2.75, 3.05) is 0 Å². The summed E-state index contributed by atoms with van der Waals surface area (Å²) in [6, 6.07) is 0. The van der Waals surface area contributed by atoms with E-state index in [2.05, 4.69) is 11.3 Å². The second kappa shape index (κ2) is 4.24. The number of carbonyl (C=O) groups is 1. The lowest BCUT2D eigenvalue weighted by molar-refractivity contribution is -0.214. The van der Waals surface area contributed by atoms with Gasteiger partial charge in [-0.2, -0.15) is 13.2 Å². The van der Waals surface area contributed by atoms with Crippen molar-refractivity contribution in [3.05, 3.63) is 12.2 Å². The lowest BCUT2D eigenvalue weighted by Gasteiger charge is -2.23. The maximum atomic E-state index is 12.1. The van der Waals surface area contributed by atoms with E-state index in [0.29, 0.717) is 0 Å². The molecule has 5 heteroatoms. The lowest BCUT2D eigenvalue weighted by atomic mass is 9.88. The Morgan fingerprint density at radius 3 is 1.93 bits per heavy atom. The van der Waals surface area contributed by atoms with Crippen LogP contribution < -0.4 is 0 Å². The fourth-order valence-electron chi connectivity index (χ4n) is 0.605. The van der Waals surface area contributed by atoms with Crippen molar-refractivity contribution in [3.8, 4) is 0 Å². The first-order chi connectivity index (χ1) is 6.46. The van der Waals surface area contributed by atoms with Crippen molar-refractivity contribution in [1.29, 1.82) is 0 Å². The molecule has 0 aliphatic rings. The van der Waals surface area contributed by atoms with E-state index in [0.717, 1.165) is 6.92 Å². The monoisotopic (exact) mass is 224 g/mol. The first-order valence-electron chi connectivity index (χ1n) is 4.43. The van der Waals surface area contributed by atoms with Crippen LogP contribution in [0.15, 0.2) is 12.2 Å². The van der Waals surface area contributed by atoms with Crippen molar-refractivity contribution < 1.29 is 22.7 Å². The molecule has 0 aliphatic heterocycles. The molecule has 0 aromatic carbocycles. The predicted octanol–water partition coefficient (Wildman–Crippen LogP) is 3.08. The summed E-state index contributed by atoms with van der Waals surface area (Å²) in [5.41, 5.74) is -0.568. The van der Waals surface area contributed by atoms with Gasteiger partial charge in [0.15, 0.2) is 6.10 Å². The smallest absolute Gasteiger partial charge is 0.425 e. The average Bonchev–Trinajstić information content (AvgIpc) is 1.99. The lowest BCUT2D eigenvalue weighted by Crippen LogP contribution is -2.32. The molecule has 0 spiro atoms. The van der Waals surface area contributed by atoms with Crippen molar-refractivity contribution in [1.82, 2.24) is 0 Å². The molecular weight excluding hydrogens is 209 g/mol. The van der Waals surface area contributed by atoms with Crippen LogP contribution in [-0.2, 0) is 9.53 Å². The molecular formula is C10H15F3O2. The molecule has 1 unspecified atom stereocenters. The molecule has 0 heterocycles. The van der Waals surface area contributed by atoms with Gasteiger partial charge in [0.05, 0.1) is 0 Å². The second-order valence-corrected chi connectivity index (χ2v) is 4.32. The number of carbonyl (C=O) groups excluding carboxylic acids is 1. The van der Waals surface area contributed by atoms with Gasteiger partial charge >= 0.3 is 12.1 Å².